The molecule has 11 rings (SSSR count). The highest BCUT2D eigenvalue weighted by molar-refractivity contribution is 6.20. The van der Waals surface area contributed by atoms with Crippen molar-refractivity contribution in [3.63, 3.8) is 0 Å². The van der Waals surface area contributed by atoms with Crippen LogP contribution >= 0.6 is 0 Å². The summed E-state index contributed by atoms with van der Waals surface area (Å²) in [6, 6.07) is 69.5. The first-order chi connectivity index (χ1) is 28.3. The Morgan fingerprint density at radius 3 is 1.65 bits per heavy atom. The van der Waals surface area contributed by atoms with Crippen molar-refractivity contribution in [2.45, 2.75) is 26.2 Å². The van der Waals surface area contributed by atoms with Gasteiger partial charge in [0.1, 0.15) is 0 Å². The smallest absolute Gasteiger partial charge is 0.0572 e. The molecule has 1 aliphatic carbocycles. The molecule has 0 fully saturated rings. The Labute approximate surface area is 333 Å². The average molecular weight is 728 g/mol. The predicted octanol–water partition coefficient (Wildman–Crippen LogP) is 15.1. The number of rotatable bonds is 6. The topological polar surface area (TPSA) is 4.93 Å². The number of nitrogens with zero attached hydrogens (tertiary/aromatic N) is 1. The number of aryl methyl sites for hydroxylation is 1. The van der Waals surface area contributed by atoms with Gasteiger partial charge >= 0.3 is 0 Å². The van der Waals surface area contributed by atoms with Gasteiger partial charge in [0, 0.05) is 11.1 Å². The highest BCUT2D eigenvalue weighted by Gasteiger charge is 2.26. The van der Waals surface area contributed by atoms with Gasteiger partial charge in [-0.2, -0.15) is 0 Å². The molecule has 270 valence electrons. The van der Waals surface area contributed by atoms with Gasteiger partial charge in [0.25, 0.3) is 0 Å². The van der Waals surface area contributed by atoms with Crippen molar-refractivity contribution in [3.05, 3.63) is 210 Å². The van der Waals surface area contributed by atoms with E-state index >= 15 is 0 Å². The molecule has 0 unspecified atom stereocenters. The fourth-order valence-electron chi connectivity index (χ4n) is 9.80. The van der Waals surface area contributed by atoms with Gasteiger partial charge in [-0.25, -0.2) is 0 Å². The number of aromatic nitrogens is 1. The van der Waals surface area contributed by atoms with Crippen molar-refractivity contribution in [3.8, 4) is 39.2 Å². The molecule has 0 atom stereocenters. The second kappa shape index (κ2) is 13.7. The molecule has 1 nitrogen and oxygen atoms in total. The summed E-state index contributed by atoms with van der Waals surface area (Å²) in [5, 5.41) is 9.11. The van der Waals surface area contributed by atoms with E-state index < -0.39 is 0 Å². The zero-order chi connectivity index (χ0) is 37.9. The van der Waals surface area contributed by atoms with Crippen LogP contribution in [0.25, 0.3) is 94.1 Å². The van der Waals surface area contributed by atoms with Gasteiger partial charge in [0.15, 0.2) is 0 Å². The molecule has 0 amide bonds. The van der Waals surface area contributed by atoms with E-state index in [1.54, 1.807) is 0 Å². The van der Waals surface area contributed by atoms with Crippen molar-refractivity contribution in [1.29, 1.82) is 0 Å². The summed E-state index contributed by atoms with van der Waals surface area (Å²) in [5.41, 5.74) is 17.1. The quantitative estimate of drug-likeness (QED) is 0.150. The van der Waals surface area contributed by atoms with Crippen molar-refractivity contribution in [1.82, 2.24) is 4.57 Å². The Morgan fingerprint density at radius 1 is 0.439 bits per heavy atom. The zero-order valence-corrected chi connectivity index (χ0v) is 32.0. The number of hydrogen-bond acceptors (Lipinski definition) is 0. The molecule has 1 heteroatoms. The van der Waals surface area contributed by atoms with E-state index in [0.717, 1.165) is 19.3 Å². The van der Waals surface area contributed by atoms with E-state index in [1.807, 2.05) is 0 Å². The van der Waals surface area contributed by atoms with E-state index in [4.69, 9.17) is 0 Å². The van der Waals surface area contributed by atoms with E-state index in [-0.39, 0.29) is 0 Å². The van der Waals surface area contributed by atoms with Crippen LogP contribution in [0.4, 0.5) is 0 Å². The minimum Gasteiger partial charge on any atom is -0.309 e. The summed E-state index contributed by atoms with van der Waals surface area (Å²) in [5.74, 6) is 0. The molecule has 0 aliphatic heterocycles. The van der Waals surface area contributed by atoms with Gasteiger partial charge < -0.3 is 4.57 Å². The summed E-state index contributed by atoms with van der Waals surface area (Å²) in [4.78, 5) is 0. The highest BCUT2D eigenvalue weighted by atomic mass is 15.0. The maximum absolute atomic E-state index is 2.53. The number of benzene rings is 9. The van der Waals surface area contributed by atoms with Gasteiger partial charge in [-0.05, 0) is 131 Å². The van der Waals surface area contributed by atoms with Crippen LogP contribution in [0.5, 0.6) is 0 Å². The first-order valence-corrected chi connectivity index (χ1v) is 20.3. The predicted molar refractivity (Wildman–Crippen MR) is 244 cm³/mol. The van der Waals surface area contributed by atoms with Crippen LogP contribution in [0.2, 0.25) is 0 Å². The van der Waals surface area contributed by atoms with E-state index in [2.05, 4.69) is 206 Å². The van der Waals surface area contributed by atoms with Crippen molar-refractivity contribution in [2.75, 3.05) is 0 Å². The van der Waals surface area contributed by atoms with E-state index in [1.165, 1.54) is 110 Å². The summed E-state index contributed by atoms with van der Waals surface area (Å²) < 4.78 is 2.45. The molecular formula is C56H41N. The zero-order valence-electron chi connectivity index (χ0n) is 32.0. The Balaban J connectivity index is 1.14. The fourth-order valence-corrected chi connectivity index (χ4v) is 9.80. The first-order valence-electron chi connectivity index (χ1n) is 20.3. The maximum atomic E-state index is 2.53. The van der Waals surface area contributed by atoms with Gasteiger partial charge in [-0.1, -0.05) is 177 Å². The molecule has 0 saturated heterocycles. The van der Waals surface area contributed by atoms with Gasteiger partial charge in [0.2, 0.25) is 0 Å². The summed E-state index contributed by atoms with van der Waals surface area (Å²) in [6.45, 7) is 2.28. The third-order valence-corrected chi connectivity index (χ3v) is 12.3. The van der Waals surface area contributed by atoms with Crippen molar-refractivity contribution in [2.24, 2.45) is 0 Å². The lowest BCUT2D eigenvalue weighted by Crippen LogP contribution is -2.06. The SMILES string of the molecule is CCc1c(-c2ccc(C3=Cc4c(c(-c5c6ccccc6cc6ccccc56)c5ccccc5c4-c4ccccc4)CC3)cc2)n(-c2ccccc2)c2ccccc12. The van der Waals surface area contributed by atoms with Crippen LogP contribution in [0.1, 0.15) is 35.6 Å². The van der Waals surface area contributed by atoms with Crippen molar-refractivity contribution >= 4 is 54.9 Å². The molecule has 1 aromatic heterocycles. The van der Waals surface area contributed by atoms with Gasteiger partial charge in [-0.15, -0.1) is 0 Å². The molecule has 0 bridgehead atoms. The largest absolute Gasteiger partial charge is 0.309 e. The Bertz CT molecular complexity index is 3130. The lowest BCUT2D eigenvalue weighted by atomic mass is 9.76. The second-order valence-corrected chi connectivity index (χ2v) is 15.4. The monoisotopic (exact) mass is 727 g/mol. The molecule has 57 heavy (non-hydrogen) atoms. The minimum atomic E-state index is 0.961. The Hall–Kier alpha value is -6.96. The third kappa shape index (κ3) is 5.38. The van der Waals surface area contributed by atoms with Crippen LogP contribution < -0.4 is 0 Å². The van der Waals surface area contributed by atoms with Crippen LogP contribution in [-0.2, 0) is 12.8 Å². The lowest BCUT2D eigenvalue weighted by Gasteiger charge is -2.27. The molecular weight excluding hydrogens is 687 g/mol. The second-order valence-electron chi connectivity index (χ2n) is 15.4. The maximum Gasteiger partial charge on any atom is 0.0572 e. The average Bonchev–Trinajstić information content (AvgIpc) is 3.62. The summed E-state index contributed by atoms with van der Waals surface area (Å²) in [6.07, 6.45) is 5.42. The normalized spacial score (nSPS) is 12.7. The highest BCUT2D eigenvalue weighted by Crippen LogP contribution is 2.50. The van der Waals surface area contributed by atoms with Gasteiger partial charge in [0.05, 0.1) is 11.2 Å². The number of para-hydroxylation sites is 2. The van der Waals surface area contributed by atoms with Crippen LogP contribution in [0.15, 0.2) is 188 Å². The molecule has 0 N–H and O–H groups in total. The fraction of sp³-hybridized carbons (Fsp3) is 0.0714. The lowest BCUT2D eigenvalue weighted by molar-refractivity contribution is 1.01. The van der Waals surface area contributed by atoms with Gasteiger partial charge in [-0.3, -0.25) is 0 Å². The third-order valence-electron chi connectivity index (χ3n) is 12.3. The molecule has 1 aliphatic rings. The summed E-state index contributed by atoms with van der Waals surface area (Å²) >= 11 is 0. The van der Waals surface area contributed by atoms with E-state index in [9.17, 15) is 0 Å². The molecule has 0 radical (unpaired) electrons. The number of allylic oxidation sites excluding steroid dienone is 1. The molecule has 0 spiro atoms. The van der Waals surface area contributed by atoms with Crippen LogP contribution in [0, 0.1) is 0 Å². The number of fused-ring (bicyclic) bond motifs is 5. The van der Waals surface area contributed by atoms with Crippen LogP contribution in [0.3, 0.4) is 0 Å². The van der Waals surface area contributed by atoms with Crippen LogP contribution in [-0.4, -0.2) is 4.57 Å². The molecule has 1 heterocycles. The van der Waals surface area contributed by atoms with E-state index in [0.29, 0.717) is 0 Å². The Morgan fingerprint density at radius 2 is 0.982 bits per heavy atom. The Kier molecular flexibility index (Phi) is 8.00. The molecule has 0 saturated carbocycles. The summed E-state index contributed by atoms with van der Waals surface area (Å²) in [7, 11) is 0. The first kappa shape index (κ1) is 33.4. The molecule has 10 aromatic rings. The number of hydrogen-bond donors (Lipinski definition) is 0. The van der Waals surface area contributed by atoms with Crippen molar-refractivity contribution < 1.29 is 0 Å². The standard InChI is InChI=1S/C56H41N/c1-2-44-47-25-15-16-28-52(47)57(43-21-7-4-8-22-43)56(44)39-31-29-37(30-32-39)40-33-34-50-51(36-40)53(38-17-5-3-6-18-38)48-26-13-14-27-49(48)55(50)54-45-23-11-9-19-41(45)35-42-20-10-12-24-46(42)54/h3-32,35-36H,2,33-34H2,1H3. The molecule has 9 aromatic carbocycles. The minimum absolute atomic E-state index is 0.961.